The lowest BCUT2D eigenvalue weighted by molar-refractivity contribution is -0.144. The van der Waals surface area contributed by atoms with Crippen molar-refractivity contribution >= 4 is 11.9 Å². The molecule has 1 saturated carbocycles. The van der Waals surface area contributed by atoms with Crippen LogP contribution in [0.15, 0.2) is 0 Å². The fourth-order valence-electron chi connectivity index (χ4n) is 3.02. The van der Waals surface area contributed by atoms with Crippen molar-refractivity contribution in [2.24, 2.45) is 5.92 Å². The van der Waals surface area contributed by atoms with Gasteiger partial charge in [0.25, 0.3) is 0 Å². The summed E-state index contributed by atoms with van der Waals surface area (Å²) in [5, 5.41) is 11.6. The van der Waals surface area contributed by atoms with E-state index < -0.39 is 12.0 Å². The summed E-state index contributed by atoms with van der Waals surface area (Å²) in [7, 11) is 0. The van der Waals surface area contributed by atoms with Crippen LogP contribution in [0.25, 0.3) is 0 Å². The Bertz CT molecular complexity index is 319. The van der Waals surface area contributed by atoms with E-state index in [4.69, 9.17) is 5.11 Å². The van der Waals surface area contributed by atoms with Crippen LogP contribution < -0.4 is 5.32 Å². The summed E-state index contributed by atoms with van der Waals surface area (Å²) >= 11 is 0. The molecule has 0 bridgehead atoms. The van der Waals surface area contributed by atoms with Crippen LogP contribution in [-0.4, -0.2) is 47.1 Å². The molecule has 2 N–H and O–H groups in total. The molecular formula is C12H20N2O3. The number of carbonyl (C=O) groups is 2. The summed E-state index contributed by atoms with van der Waals surface area (Å²) in [4.78, 5) is 24.7. The molecule has 0 radical (unpaired) electrons. The summed E-state index contributed by atoms with van der Waals surface area (Å²) in [6, 6.07) is -0.0862. The first-order valence-electron chi connectivity index (χ1n) is 6.33. The van der Waals surface area contributed by atoms with Crippen LogP contribution >= 0.6 is 0 Å². The average molecular weight is 240 g/mol. The highest BCUT2D eigenvalue weighted by atomic mass is 16.4. The van der Waals surface area contributed by atoms with Crippen molar-refractivity contribution < 1.29 is 14.7 Å². The van der Waals surface area contributed by atoms with E-state index in [1.807, 2.05) is 0 Å². The van der Waals surface area contributed by atoms with E-state index >= 15 is 0 Å². The smallest absolute Gasteiger partial charge is 0.305 e. The lowest BCUT2D eigenvalue weighted by Gasteiger charge is -2.38. The Hall–Kier alpha value is -1.10. The number of carboxylic acid groups (broad SMARTS) is 1. The monoisotopic (exact) mass is 240 g/mol. The predicted molar refractivity (Wildman–Crippen MR) is 62.6 cm³/mol. The van der Waals surface area contributed by atoms with Gasteiger partial charge in [-0.15, -0.1) is 0 Å². The molecule has 1 heterocycles. The normalized spacial score (nSPS) is 34.6. The van der Waals surface area contributed by atoms with E-state index in [1.165, 1.54) is 6.42 Å². The first-order valence-corrected chi connectivity index (χ1v) is 6.33. The highest BCUT2D eigenvalue weighted by Gasteiger charge is 2.37. The Morgan fingerprint density at radius 3 is 2.88 bits per heavy atom. The molecule has 1 amide bonds. The lowest BCUT2D eigenvalue weighted by Crippen LogP contribution is -2.58. The quantitative estimate of drug-likeness (QED) is 0.751. The fraction of sp³-hybridized carbons (Fsp3) is 0.833. The van der Waals surface area contributed by atoms with Crippen molar-refractivity contribution in [3.05, 3.63) is 0 Å². The molecule has 5 nitrogen and oxygen atoms in total. The first kappa shape index (κ1) is 12.4. The van der Waals surface area contributed by atoms with Gasteiger partial charge in [0.05, 0.1) is 12.5 Å². The minimum atomic E-state index is -0.900. The second-order valence-electron chi connectivity index (χ2n) is 5.21. The molecule has 0 spiro atoms. The third kappa shape index (κ3) is 2.77. The molecule has 1 saturated heterocycles. The van der Waals surface area contributed by atoms with Gasteiger partial charge in [-0.1, -0.05) is 6.92 Å². The maximum Gasteiger partial charge on any atom is 0.305 e. The number of nitrogens with zero attached hydrogens (tertiary/aromatic N) is 1. The van der Waals surface area contributed by atoms with E-state index in [0.717, 1.165) is 19.4 Å². The Morgan fingerprint density at radius 1 is 1.53 bits per heavy atom. The van der Waals surface area contributed by atoms with Gasteiger partial charge in [0.2, 0.25) is 5.91 Å². The summed E-state index contributed by atoms with van der Waals surface area (Å²) in [5.41, 5.74) is 0. The molecule has 0 aromatic heterocycles. The molecule has 96 valence electrons. The maximum absolute atomic E-state index is 11.8. The Morgan fingerprint density at radius 2 is 2.29 bits per heavy atom. The summed E-state index contributed by atoms with van der Waals surface area (Å²) in [5.74, 6) is -0.336. The number of hydrogen-bond acceptors (Lipinski definition) is 3. The highest BCUT2D eigenvalue weighted by Crippen LogP contribution is 2.31. The van der Waals surface area contributed by atoms with Gasteiger partial charge in [0, 0.05) is 19.1 Å². The van der Waals surface area contributed by atoms with Gasteiger partial charge in [-0.2, -0.15) is 0 Å². The van der Waals surface area contributed by atoms with Gasteiger partial charge in [0.1, 0.15) is 0 Å². The minimum absolute atomic E-state index is 0.0866. The van der Waals surface area contributed by atoms with Crippen LogP contribution in [0.4, 0.5) is 0 Å². The Labute approximate surface area is 101 Å². The number of hydrogen-bond donors (Lipinski definition) is 2. The molecule has 2 rings (SSSR count). The molecule has 2 fully saturated rings. The van der Waals surface area contributed by atoms with Crippen molar-refractivity contribution in [1.29, 1.82) is 0 Å². The summed E-state index contributed by atoms with van der Waals surface area (Å²) in [6.07, 6.45) is 3.27. The number of rotatable bonds is 3. The van der Waals surface area contributed by atoms with Crippen molar-refractivity contribution in [2.45, 2.75) is 44.7 Å². The third-order valence-corrected chi connectivity index (χ3v) is 3.88. The molecule has 3 atom stereocenters. The molecule has 1 aliphatic heterocycles. The van der Waals surface area contributed by atoms with Crippen molar-refractivity contribution in [1.82, 2.24) is 10.2 Å². The van der Waals surface area contributed by atoms with Crippen LogP contribution in [0, 0.1) is 5.92 Å². The van der Waals surface area contributed by atoms with Crippen LogP contribution in [0.2, 0.25) is 0 Å². The third-order valence-electron chi connectivity index (χ3n) is 3.88. The topological polar surface area (TPSA) is 69.6 Å². The van der Waals surface area contributed by atoms with Crippen molar-refractivity contribution in [3.63, 3.8) is 0 Å². The second kappa shape index (κ2) is 5.04. The average Bonchev–Trinajstić information content (AvgIpc) is 2.67. The predicted octanol–water partition coefficient (Wildman–Crippen LogP) is 0.450. The number of amides is 1. The number of nitrogens with one attached hydrogen (secondary N) is 1. The van der Waals surface area contributed by atoms with Gasteiger partial charge in [0.15, 0.2) is 0 Å². The van der Waals surface area contributed by atoms with Gasteiger partial charge < -0.3 is 10.4 Å². The number of carbonyl (C=O) groups excluding carboxylic acids is 1. The largest absolute Gasteiger partial charge is 0.481 e. The van der Waals surface area contributed by atoms with Gasteiger partial charge in [-0.3, -0.25) is 14.5 Å². The molecular weight excluding hydrogens is 220 g/mol. The second-order valence-corrected chi connectivity index (χ2v) is 5.21. The summed E-state index contributed by atoms with van der Waals surface area (Å²) in [6.45, 7) is 3.64. The Balaban J connectivity index is 2.06. The summed E-state index contributed by atoms with van der Waals surface area (Å²) < 4.78 is 0. The van der Waals surface area contributed by atoms with Gasteiger partial charge in [-0.25, -0.2) is 0 Å². The minimum Gasteiger partial charge on any atom is -0.481 e. The number of aliphatic carboxylic acids is 1. The molecule has 0 aromatic rings. The molecule has 2 aliphatic rings. The zero-order chi connectivity index (χ0) is 12.4. The van der Waals surface area contributed by atoms with Gasteiger partial charge in [-0.05, 0) is 25.2 Å². The van der Waals surface area contributed by atoms with Crippen LogP contribution in [0.1, 0.15) is 32.6 Å². The van der Waals surface area contributed by atoms with E-state index in [0.29, 0.717) is 18.5 Å². The van der Waals surface area contributed by atoms with Crippen LogP contribution in [0.5, 0.6) is 0 Å². The maximum atomic E-state index is 11.8. The molecule has 3 unspecified atom stereocenters. The lowest BCUT2D eigenvalue weighted by atomic mass is 10.0. The van der Waals surface area contributed by atoms with Crippen molar-refractivity contribution in [2.75, 3.05) is 13.1 Å². The van der Waals surface area contributed by atoms with E-state index in [1.54, 1.807) is 0 Å². The van der Waals surface area contributed by atoms with Crippen LogP contribution in [-0.2, 0) is 9.59 Å². The van der Waals surface area contributed by atoms with Gasteiger partial charge >= 0.3 is 5.97 Å². The van der Waals surface area contributed by atoms with E-state index in [9.17, 15) is 9.59 Å². The molecule has 1 aliphatic carbocycles. The number of carboxylic acids is 1. The van der Waals surface area contributed by atoms with E-state index in [-0.39, 0.29) is 12.3 Å². The standard InChI is InChI=1S/C12H20N2O3/c1-8-2-3-9(6-8)14-5-4-13-12(17)10(14)7-11(15)16/h8-10H,2-7H2,1H3,(H,13,17)(H,15,16). The van der Waals surface area contributed by atoms with Crippen LogP contribution in [0.3, 0.4) is 0 Å². The van der Waals surface area contributed by atoms with E-state index in [2.05, 4.69) is 17.1 Å². The zero-order valence-electron chi connectivity index (χ0n) is 10.2. The molecule has 5 heteroatoms. The van der Waals surface area contributed by atoms with Crippen molar-refractivity contribution in [3.8, 4) is 0 Å². The molecule has 17 heavy (non-hydrogen) atoms. The zero-order valence-corrected chi connectivity index (χ0v) is 10.2. The fourth-order valence-corrected chi connectivity index (χ4v) is 3.02. The number of piperazine rings is 1. The first-order chi connectivity index (χ1) is 8.08. The SMILES string of the molecule is CC1CCC(N2CCNC(=O)C2CC(=O)O)C1. The Kier molecular flexibility index (Phi) is 3.66. The highest BCUT2D eigenvalue weighted by molar-refractivity contribution is 5.86. The molecule has 0 aromatic carbocycles.